The van der Waals surface area contributed by atoms with Crippen LogP contribution in [0.1, 0.15) is 58.1 Å². The van der Waals surface area contributed by atoms with E-state index in [1.165, 1.54) is 76.4 Å². The summed E-state index contributed by atoms with van der Waals surface area (Å²) >= 11 is 1.92. The molecule has 1 aliphatic carbocycles. The largest absolute Gasteiger partial charge is 0.673 e. The molecule has 0 fully saturated rings. The molecule has 8 rings (SSSR count). The second-order valence-corrected chi connectivity index (χ2v) is 16.4. The van der Waals surface area contributed by atoms with Gasteiger partial charge in [0.25, 0.3) is 0 Å². The molecule has 0 saturated carbocycles. The highest BCUT2D eigenvalue weighted by Crippen LogP contribution is 2.51. The molecule has 54 heavy (non-hydrogen) atoms. The first-order valence-electron chi connectivity index (χ1n) is 18.5. The van der Waals surface area contributed by atoms with Crippen LogP contribution in [0.15, 0.2) is 154 Å². The number of halogens is 4. The third kappa shape index (κ3) is 7.09. The van der Waals surface area contributed by atoms with Crippen molar-refractivity contribution in [3.63, 3.8) is 0 Å². The van der Waals surface area contributed by atoms with Crippen molar-refractivity contribution in [2.24, 2.45) is 0 Å². The smallest absolute Gasteiger partial charge is 0.418 e. The normalized spacial score (nSPS) is 19.3. The van der Waals surface area contributed by atoms with Gasteiger partial charge >= 0.3 is 7.25 Å². The van der Waals surface area contributed by atoms with Gasteiger partial charge in [0.15, 0.2) is 5.71 Å². The third-order valence-corrected chi connectivity index (χ3v) is 12.3. The topological polar surface area (TPSA) is 6.25 Å². The second-order valence-electron chi connectivity index (χ2n) is 15.3. The minimum atomic E-state index is -6.00. The van der Waals surface area contributed by atoms with Crippen LogP contribution in [-0.2, 0) is 10.8 Å². The number of anilines is 1. The monoisotopic (exact) mass is 744 g/mol. The van der Waals surface area contributed by atoms with Crippen LogP contribution < -0.4 is 4.90 Å². The maximum atomic E-state index is 9.75. The molecule has 5 aromatic rings. The molecule has 276 valence electrons. The molecule has 3 aliphatic rings. The second kappa shape index (κ2) is 14.4. The van der Waals surface area contributed by atoms with Crippen LogP contribution in [0.25, 0.3) is 21.5 Å². The van der Waals surface area contributed by atoms with Crippen molar-refractivity contribution in [1.29, 1.82) is 0 Å². The zero-order valence-corrected chi connectivity index (χ0v) is 32.5. The zero-order valence-electron chi connectivity index (χ0n) is 31.6. The molecule has 0 spiro atoms. The van der Waals surface area contributed by atoms with Crippen molar-refractivity contribution < 1.29 is 21.8 Å². The van der Waals surface area contributed by atoms with E-state index in [9.17, 15) is 17.3 Å². The molecule has 2 aliphatic heterocycles. The first-order chi connectivity index (χ1) is 25.7. The Balaban J connectivity index is 0.000000846. The minimum Gasteiger partial charge on any atom is -0.418 e. The predicted molar refractivity (Wildman–Crippen MR) is 222 cm³/mol. The fourth-order valence-electron chi connectivity index (χ4n) is 8.70. The molecule has 0 bridgehead atoms. The van der Waals surface area contributed by atoms with Crippen LogP contribution in [-0.4, -0.2) is 31.6 Å². The summed E-state index contributed by atoms with van der Waals surface area (Å²) in [7, 11) is -1.54. The molecule has 5 aromatic carbocycles. The lowest BCUT2D eigenvalue weighted by atomic mass is 9.78. The van der Waals surface area contributed by atoms with Gasteiger partial charge in [-0.1, -0.05) is 111 Å². The average molecular weight is 745 g/mol. The van der Waals surface area contributed by atoms with Gasteiger partial charge in [-0.25, -0.2) is 0 Å². The van der Waals surface area contributed by atoms with Gasteiger partial charge in [-0.05, 0) is 102 Å². The van der Waals surface area contributed by atoms with E-state index in [1.807, 2.05) is 11.8 Å². The fourth-order valence-corrected chi connectivity index (χ4v) is 9.84. The quantitative estimate of drug-likeness (QED) is 0.100. The number of hydrogen-bond acceptors (Lipinski definition) is 2. The number of hydrogen-bond donors (Lipinski definition) is 0. The third-order valence-electron chi connectivity index (χ3n) is 11.1. The summed E-state index contributed by atoms with van der Waals surface area (Å²) in [5, 5.41) is 5.32. The van der Waals surface area contributed by atoms with Crippen molar-refractivity contribution in [2.75, 3.05) is 19.0 Å². The molecule has 2 nitrogen and oxygen atoms in total. The number of nitrogens with zero attached hydrogens (tertiary/aromatic N) is 2. The summed E-state index contributed by atoms with van der Waals surface area (Å²) < 4.78 is 41.4. The van der Waals surface area contributed by atoms with Crippen molar-refractivity contribution >= 4 is 57.6 Å². The number of benzene rings is 5. The number of thioether (sulfide) groups is 1. The summed E-state index contributed by atoms with van der Waals surface area (Å²) in [6, 6.07) is 37.7. The Morgan fingerprint density at radius 2 is 1.28 bits per heavy atom. The fraction of sp³-hybridized carbons (Fsp3) is 0.239. The Hall–Kier alpha value is -4.82. The maximum absolute atomic E-state index is 9.75. The summed E-state index contributed by atoms with van der Waals surface area (Å²) in [6.45, 7) is 9.54. The number of fused-ring (bicyclic) bond motifs is 6. The Morgan fingerprint density at radius 3 is 1.94 bits per heavy atom. The van der Waals surface area contributed by atoms with Gasteiger partial charge in [0.1, 0.15) is 7.05 Å². The van der Waals surface area contributed by atoms with Gasteiger partial charge in [-0.15, -0.1) is 0 Å². The van der Waals surface area contributed by atoms with Gasteiger partial charge < -0.3 is 22.2 Å². The molecular formula is C46H45BF4N2S. The molecule has 2 heterocycles. The van der Waals surface area contributed by atoms with Gasteiger partial charge in [0.05, 0.1) is 5.41 Å². The van der Waals surface area contributed by atoms with E-state index < -0.39 is 7.25 Å². The summed E-state index contributed by atoms with van der Waals surface area (Å²) in [4.78, 5) is 5.09. The van der Waals surface area contributed by atoms with E-state index in [4.69, 9.17) is 0 Å². The van der Waals surface area contributed by atoms with Crippen LogP contribution in [0.4, 0.5) is 28.6 Å². The van der Waals surface area contributed by atoms with E-state index in [0.717, 1.165) is 19.3 Å². The first-order valence-corrected chi connectivity index (χ1v) is 19.3. The van der Waals surface area contributed by atoms with E-state index in [-0.39, 0.29) is 10.8 Å². The standard InChI is InChI=1S/C46H45N2S.BF4/c1-45(2)40(47(5)38-27-23-31-15-10-12-21-36(31)42(38)45)29-25-33-17-14-18-34(44(33)49-35-19-8-7-9-20-35)26-30-41-46(3,4)43-37-22-13-11-16-32(37)24-28-39(43)48(41)6;2-1(3,4)5/h7-13,15-16,19-30H,14,17-18H2,1-6H3;/q+1;-1. The van der Waals surface area contributed by atoms with Crippen molar-refractivity contribution in [1.82, 2.24) is 0 Å². The summed E-state index contributed by atoms with van der Waals surface area (Å²) in [5.74, 6) is 0. The van der Waals surface area contributed by atoms with Crippen LogP contribution in [0.5, 0.6) is 0 Å². The van der Waals surface area contributed by atoms with Crippen LogP contribution in [0.3, 0.4) is 0 Å². The average Bonchev–Trinajstić information content (AvgIpc) is 3.46. The van der Waals surface area contributed by atoms with Crippen LogP contribution in [0.2, 0.25) is 0 Å². The minimum absolute atomic E-state index is 0.107. The lowest BCUT2D eigenvalue weighted by Gasteiger charge is -2.25. The highest BCUT2D eigenvalue weighted by molar-refractivity contribution is 8.03. The first kappa shape index (κ1) is 37.5. The van der Waals surface area contributed by atoms with Gasteiger partial charge in [-0.3, -0.25) is 0 Å². The van der Waals surface area contributed by atoms with Crippen LogP contribution in [0, 0.1) is 0 Å². The van der Waals surface area contributed by atoms with Gasteiger partial charge in [0, 0.05) is 51.4 Å². The Bertz CT molecular complexity index is 2410. The van der Waals surface area contributed by atoms with Crippen molar-refractivity contribution in [2.45, 2.75) is 62.7 Å². The number of rotatable bonds is 5. The Kier molecular flexibility index (Phi) is 10.0. The van der Waals surface area contributed by atoms with E-state index >= 15 is 0 Å². The maximum Gasteiger partial charge on any atom is 0.673 e. The Morgan fingerprint density at radius 1 is 0.685 bits per heavy atom. The van der Waals surface area contributed by atoms with E-state index in [0.29, 0.717) is 0 Å². The molecule has 0 amide bonds. The number of likely N-dealkylation sites (N-methyl/N-ethyl adjacent to an activating group) is 1. The van der Waals surface area contributed by atoms with Gasteiger partial charge in [-0.2, -0.15) is 4.58 Å². The molecule has 0 saturated heterocycles. The highest BCUT2D eigenvalue weighted by Gasteiger charge is 2.44. The molecular weight excluding hydrogens is 699 g/mol. The van der Waals surface area contributed by atoms with Crippen molar-refractivity contribution in [3.8, 4) is 0 Å². The van der Waals surface area contributed by atoms with E-state index in [1.54, 1.807) is 0 Å². The Labute approximate surface area is 320 Å². The predicted octanol–water partition coefficient (Wildman–Crippen LogP) is 13.3. The zero-order chi connectivity index (χ0) is 38.4. The molecule has 0 aromatic heterocycles. The summed E-state index contributed by atoms with van der Waals surface area (Å²) in [6.07, 6.45) is 13.0. The molecule has 0 unspecified atom stereocenters. The van der Waals surface area contributed by atoms with E-state index in [2.05, 4.69) is 179 Å². The van der Waals surface area contributed by atoms with Crippen LogP contribution >= 0.6 is 11.8 Å². The SMILES string of the molecule is CN1/C(=C\C=C2/CCCC(/C=C/C3=[N+](C)c4ccc5ccccc5c4C3(C)C)=C2Sc2ccccc2)C(C)(C)c2c1ccc1ccccc21.F[B-](F)(F)F. The number of allylic oxidation sites excluding steroid dienone is 7. The molecule has 8 heteroatoms. The van der Waals surface area contributed by atoms with Gasteiger partial charge in [0.2, 0.25) is 5.69 Å². The molecule has 0 atom stereocenters. The lowest BCUT2D eigenvalue weighted by Crippen LogP contribution is -2.27. The van der Waals surface area contributed by atoms with Crippen molar-refractivity contribution in [3.05, 3.63) is 160 Å². The highest BCUT2D eigenvalue weighted by atomic mass is 32.2. The summed E-state index contributed by atoms with van der Waals surface area (Å²) in [5.41, 5.74) is 10.8. The molecule has 0 radical (unpaired) electrons. The molecule has 0 N–H and O–H groups in total. The lowest BCUT2D eigenvalue weighted by molar-refractivity contribution is -0.401.